The van der Waals surface area contributed by atoms with Crippen molar-refractivity contribution in [3.05, 3.63) is 0 Å². The third kappa shape index (κ3) is 3.44. The van der Waals surface area contributed by atoms with Gasteiger partial charge in [0.25, 0.3) is 0 Å². The number of nitrogens with zero attached hydrogens (tertiary/aromatic N) is 2. The average Bonchev–Trinajstić information content (AvgIpc) is 3.07. The van der Waals surface area contributed by atoms with Crippen molar-refractivity contribution in [3.63, 3.8) is 0 Å². The van der Waals surface area contributed by atoms with Crippen LogP contribution in [0.4, 0.5) is 0 Å². The highest BCUT2D eigenvalue weighted by Crippen LogP contribution is 2.39. The van der Waals surface area contributed by atoms with Crippen molar-refractivity contribution in [2.45, 2.75) is 57.4 Å². The topological polar surface area (TPSA) is 70.7 Å². The second-order valence-electron chi connectivity index (χ2n) is 6.51. The van der Waals surface area contributed by atoms with Gasteiger partial charge >= 0.3 is 0 Å². The Morgan fingerprint density at radius 1 is 1.25 bits per heavy atom. The lowest BCUT2D eigenvalue weighted by Gasteiger charge is -2.29. The first-order chi connectivity index (χ1) is 9.53. The summed E-state index contributed by atoms with van der Waals surface area (Å²) in [6, 6.07) is 0.475. The van der Waals surface area contributed by atoms with Crippen LogP contribution in [0, 0.1) is 5.41 Å². The van der Waals surface area contributed by atoms with Gasteiger partial charge in [0.2, 0.25) is 5.91 Å². The van der Waals surface area contributed by atoms with E-state index in [1.54, 1.807) is 4.90 Å². The first-order valence-electron chi connectivity index (χ1n) is 7.82. The lowest BCUT2D eigenvalue weighted by molar-refractivity contribution is -0.138. The molecular weight excluding hydrogens is 252 g/mol. The zero-order valence-electron chi connectivity index (χ0n) is 12.8. The molecule has 1 amide bonds. The second-order valence-corrected chi connectivity index (χ2v) is 6.51. The van der Waals surface area contributed by atoms with Crippen LogP contribution in [0.25, 0.3) is 0 Å². The van der Waals surface area contributed by atoms with Gasteiger partial charge in [0.15, 0.2) is 5.96 Å². The molecule has 20 heavy (non-hydrogen) atoms. The SMILES string of the molecule is CN(C)C(=O)C1(CN=C(N)NC2CCCC2)CCCC1. The smallest absolute Gasteiger partial charge is 0.230 e. The monoisotopic (exact) mass is 280 g/mol. The quantitative estimate of drug-likeness (QED) is 0.605. The summed E-state index contributed by atoms with van der Waals surface area (Å²) >= 11 is 0. The summed E-state index contributed by atoms with van der Waals surface area (Å²) in [5, 5.41) is 3.29. The number of nitrogens with one attached hydrogen (secondary N) is 1. The van der Waals surface area contributed by atoms with Gasteiger partial charge in [-0.1, -0.05) is 25.7 Å². The third-order valence-electron chi connectivity index (χ3n) is 4.68. The maximum absolute atomic E-state index is 12.4. The van der Waals surface area contributed by atoms with Crippen LogP contribution >= 0.6 is 0 Å². The zero-order valence-corrected chi connectivity index (χ0v) is 12.8. The second kappa shape index (κ2) is 6.46. The minimum absolute atomic E-state index is 0.201. The first-order valence-corrected chi connectivity index (χ1v) is 7.82. The fourth-order valence-electron chi connectivity index (χ4n) is 3.53. The number of rotatable bonds is 4. The summed E-state index contributed by atoms with van der Waals surface area (Å²) in [7, 11) is 3.65. The zero-order chi connectivity index (χ0) is 14.6. The molecule has 2 aliphatic rings. The number of nitrogens with two attached hydrogens (primary N) is 1. The molecule has 0 heterocycles. The van der Waals surface area contributed by atoms with Crippen LogP contribution in [-0.2, 0) is 4.79 Å². The Kier molecular flexibility index (Phi) is 4.89. The highest BCUT2D eigenvalue weighted by molar-refractivity contribution is 5.84. The Morgan fingerprint density at radius 2 is 1.85 bits per heavy atom. The maximum atomic E-state index is 12.4. The van der Waals surface area contributed by atoms with E-state index in [-0.39, 0.29) is 11.3 Å². The number of amides is 1. The van der Waals surface area contributed by atoms with Gasteiger partial charge < -0.3 is 16.0 Å². The number of hydrogen-bond donors (Lipinski definition) is 2. The van der Waals surface area contributed by atoms with Gasteiger partial charge in [-0.05, 0) is 25.7 Å². The number of hydrogen-bond acceptors (Lipinski definition) is 2. The van der Waals surface area contributed by atoms with Crippen molar-refractivity contribution in [1.29, 1.82) is 0 Å². The van der Waals surface area contributed by atoms with E-state index in [1.165, 1.54) is 25.7 Å². The summed E-state index contributed by atoms with van der Waals surface area (Å²) in [4.78, 5) is 18.6. The Labute approximate surface area is 122 Å². The molecule has 0 aliphatic heterocycles. The third-order valence-corrected chi connectivity index (χ3v) is 4.68. The molecule has 0 aromatic rings. The lowest BCUT2D eigenvalue weighted by Crippen LogP contribution is -2.43. The highest BCUT2D eigenvalue weighted by atomic mass is 16.2. The molecule has 2 aliphatic carbocycles. The largest absolute Gasteiger partial charge is 0.370 e. The number of guanidine groups is 1. The van der Waals surface area contributed by atoms with Crippen molar-refractivity contribution in [2.75, 3.05) is 20.6 Å². The number of aliphatic imine (C=N–C) groups is 1. The van der Waals surface area contributed by atoms with E-state index < -0.39 is 0 Å². The van der Waals surface area contributed by atoms with Gasteiger partial charge in [-0.2, -0.15) is 0 Å². The predicted octanol–water partition coefficient (Wildman–Crippen LogP) is 1.48. The molecule has 0 bridgehead atoms. The Morgan fingerprint density at radius 3 is 2.40 bits per heavy atom. The minimum Gasteiger partial charge on any atom is -0.370 e. The van der Waals surface area contributed by atoms with E-state index in [4.69, 9.17) is 5.73 Å². The van der Waals surface area contributed by atoms with Gasteiger partial charge in [0, 0.05) is 20.1 Å². The van der Waals surface area contributed by atoms with Crippen LogP contribution in [0.15, 0.2) is 4.99 Å². The van der Waals surface area contributed by atoms with Crippen LogP contribution in [0.5, 0.6) is 0 Å². The summed E-state index contributed by atoms with van der Waals surface area (Å²) in [5.74, 6) is 0.710. The average molecular weight is 280 g/mol. The van der Waals surface area contributed by atoms with Crippen molar-refractivity contribution >= 4 is 11.9 Å². The molecule has 2 rings (SSSR count). The molecule has 114 valence electrons. The summed E-state index contributed by atoms with van der Waals surface area (Å²) in [6.45, 7) is 0.523. The van der Waals surface area contributed by atoms with Crippen LogP contribution in [0.1, 0.15) is 51.4 Å². The molecule has 0 saturated heterocycles. The molecule has 0 unspecified atom stereocenters. The fourth-order valence-corrected chi connectivity index (χ4v) is 3.53. The van der Waals surface area contributed by atoms with E-state index >= 15 is 0 Å². The predicted molar refractivity (Wildman–Crippen MR) is 81.5 cm³/mol. The maximum Gasteiger partial charge on any atom is 0.230 e. The molecule has 5 nitrogen and oxygen atoms in total. The highest BCUT2D eigenvalue weighted by Gasteiger charge is 2.41. The first kappa shape index (κ1) is 15.1. The molecule has 0 spiro atoms. The van der Waals surface area contributed by atoms with E-state index in [1.807, 2.05) is 14.1 Å². The van der Waals surface area contributed by atoms with Crippen molar-refractivity contribution < 1.29 is 4.79 Å². The summed E-state index contributed by atoms with van der Waals surface area (Å²) in [6.07, 6.45) is 9.00. The van der Waals surface area contributed by atoms with Crippen LogP contribution in [-0.4, -0.2) is 43.4 Å². The fraction of sp³-hybridized carbons (Fsp3) is 0.867. The van der Waals surface area contributed by atoms with Gasteiger partial charge in [0.05, 0.1) is 12.0 Å². The molecule has 0 atom stereocenters. The number of carbonyl (C=O) groups is 1. The minimum atomic E-state index is -0.314. The molecule has 3 N–H and O–H groups in total. The van der Waals surface area contributed by atoms with Crippen molar-refractivity contribution in [3.8, 4) is 0 Å². The lowest BCUT2D eigenvalue weighted by atomic mass is 9.85. The molecule has 0 aromatic heterocycles. The normalized spacial score (nSPS) is 23.0. The summed E-state index contributed by atoms with van der Waals surface area (Å²) in [5.41, 5.74) is 5.67. The van der Waals surface area contributed by atoms with Gasteiger partial charge in [-0.25, -0.2) is 0 Å². The van der Waals surface area contributed by atoms with E-state index in [0.29, 0.717) is 18.5 Å². The molecule has 0 radical (unpaired) electrons. The Hall–Kier alpha value is -1.26. The summed E-state index contributed by atoms with van der Waals surface area (Å²) < 4.78 is 0. The molecule has 0 aromatic carbocycles. The van der Waals surface area contributed by atoms with Crippen LogP contribution in [0.3, 0.4) is 0 Å². The molecule has 2 saturated carbocycles. The van der Waals surface area contributed by atoms with E-state index in [9.17, 15) is 4.79 Å². The Balaban J connectivity index is 1.95. The molecule has 2 fully saturated rings. The van der Waals surface area contributed by atoms with Crippen molar-refractivity contribution in [1.82, 2.24) is 10.2 Å². The van der Waals surface area contributed by atoms with Crippen molar-refractivity contribution in [2.24, 2.45) is 16.1 Å². The van der Waals surface area contributed by atoms with E-state index in [0.717, 1.165) is 25.7 Å². The van der Waals surface area contributed by atoms with Gasteiger partial charge in [-0.15, -0.1) is 0 Å². The van der Waals surface area contributed by atoms with Crippen LogP contribution in [0.2, 0.25) is 0 Å². The van der Waals surface area contributed by atoms with Gasteiger partial charge in [0.1, 0.15) is 0 Å². The molecular formula is C15H28N4O. The van der Waals surface area contributed by atoms with E-state index in [2.05, 4.69) is 10.3 Å². The van der Waals surface area contributed by atoms with Crippen LogP contribution < -0.4 is 11.1 Å². The Bertz CT molecular complexity index is 366. The van der Waals surface area contributed by atoms with Gasteiger partial charge in [-0.3, -0.25) is 9.79 Å². The standard InChI is InChI=1S/C15H28N4O/c1-19(2)13(20)15(9-5-6-10-15)11-17-14(16)18-12-7-3-4-8-12/h12H,3-11H2,1-2H3,(H3,16,17,18). The number of carbonyl (C=O) groups excluding carboxylic acids is 1. The molecule has 5 heteroatoms.